The average Bonchev–Trinajstić information content (AvgIpc) is 2.75. The van der Waals surface area contributed by atoms with Gasteiger partial charge in [-0.2, -0.15) is 0 Å². The van der Waals surface area contributed by atoms with Crippen molar-refractivity contribution in [3.63, 3.8) is 0 Å². The Morgan fingerprint density at radius 3 is 2.50 bits per heavy atom. The van der Waals surface area contributed by atoms with Crippen LogP contribution in [0.25, 0.3) is 0 Å². The number of aromatic carboxylic acids is 1. The van der Waals surface area contributed by atoms with E-state index in [9.17, 15) is 18.3 Å². The summed E-state index contributed by atoms with van der Waals surface area (Å²) in [5, 5.41) is 21.4. The Kier molecular flexibility index (Phi) is 4.02. The van der Waals surface area contributed by atoms with Crippen molar-refractivity contribution < 1.29 is 23.4 Å². The van der Waals surface area contributed by atoms with Crippen molar-refractivity contribution in [3.05, 3.63) is 39.0 Å². The van der Waals surface area contributed by atoms with Crippen LogP contribution < -0.4 is 4.72 Å². The van der Waals surface area contributed by atoms with Gasteiger partial charge in [0.25, 0.3) is 10.0 Å². The molecule has 106 valence electrons. The highest BCUT2D eigenvalue weighted by atomic mass is 79.9. The minimum Gasteiger partial charge on any atom is -0.507 e. The molecule has 0 aliphatic rings. The quantitative estimate of drug-likeness (QED) is 0.759. The number of hydrogen-bond donors (Lipinski definition) is 3. The first kappa shape index (κ1) is 14.8. The number of benzene rings is 1. The van der Waals surface area contributed by atoms with Gasteiger partial charge in [-0.25, -0.2) is 13.2 Å². The monoisotopic (exact) mass is 377 g/mol. The third-order valence-electron chi connectivity index (χ3n) is 2.35. The molecule has 0 fully saturated rings. The fraction of sp³-hybridized carbons (Fsp3) is 0. The molecule has 3 N–H and O–H groups in total. The molecule has 0 spiro atoms. The molecule has 6 nitrogen and oxygen atoms in total. The molecule has 0 aliphatic heterocycles. The third kappa shape index (κ3) is 2.94. The van der Waals surface area contributed by atoms with Crippen LogP contribution in [0.15, 0.2) is 38.3 Å². The first-order valence-electron chi connectivity index (χ1n) is 5.12. The van der Waals surface area contributed by atoms with E-state index in [2.05, 4.69) is 20.7 Å². The maximum Gasteiger partial charge on any atom is 0.339 e. The lowest BCUT2D eigenvalue weighted by Crippen LogP contribution is -2.12. The van der Waals surface area contributed by atoms with E-state index in [1.165, 1.54) is 22.8 Å². The van der Waals surface area contributed by atoms with Crippen molar-refractivity contribution in [2.45, 2.75) is 4.90 Å². The summed E-state index contributed by atoms with van der Waals surface area (Å²) in [6.07, 6.45) is 0. The van der Waals surface area contributed by atoms with Crippen LogP contribution in [0.5, 0.6) is 5.75 Å². The van der Waals surface area contributed by atoms with Crippen LogP contribution in [0.2, 0.25) is 0 Å². The van der Waals surface area contributed by atoms with E-state index in [0.717, 1.165) is 12.1 Å². The van der Waals surface area contributed by atoms with Crippen molar-refractivity contribution >= 4 is 48.9 Å². The standard InChI is InChI=1S/C11H8BrNO5S2/c12-8-4-19-5-10(8)20(17,18)13-6-1-2-7(11(15)16)9(14)3-6/h1-5,13-14H,(H,15,16). The van der Waals surface area contributed by atoms with Gasteiger partial charge in [-0.1, -0.05) is 0 Å². The molecule has 0 unspecified atom stereocenters. The van der Waals surface area contributed by atoms with Crippen LogP contribution in [0.4, 0.5) is 5.69 Å². The number of nitrogens with one attached hydrogen (secondary N) is 1. The van der Waals surface area contributed by atoms with Gasteiger partial charge in [0.1, 0.15) is 16.2 Å². The van der Waals surface area contributed by atoms with Crippen molar-refractivity contribution in [3.8, 4) is 5.75 Å². The Bertz CT molecular complexity index is 769. The molecule has 0 atom stereocenters. The number of carbonyl (C=O) groups is 1. The van der Waals surface area contributed by atoms with Crippen LogP contribution >= 0.6 is 27.3 Å². The smallest absolute Gasteiger partial charge is 0.339 e. The van der Waals surface area contributed by atoms with Gasteiger partial charge in [-0.05, 0) is 28.1 Å². The van der Waals surface area contributed by atoms with Gasteiger partial charge in [0.15, 0.2) is 0 Å². The van der Waals surface area contributed by atoms with E-state index in [4.69, 9.17) is 5.11 Å². The number of rotatable bonds is 4. The summed E-state index contributed by atoms with van der Waals surface area (Å²) >= 11 is 4.34. The maximum atomic E-state index is 12.1. The van der Waals surface area contributed by atoms with Crippen molar-refractivity contribution in [1.82, 2.24) is 0 Å². The minimum absolute atomic E-state index is 0.0734. The molecule has 20 heavy (non-hydrogen) atoms. The minimum atomic E-state index is -3.80. The zero-order valence-electron chi connectivity index (χ0n) is 9.70. The Balaban J connectivity index is 2.33. The SMILES string of the molecule is O=C(O)c1ccc(NS(=O)(=O)c2cscc2Br)cc1O. The highest BCUT2D eigenvalue weighted by Gasteiger charge is 2.19. The number of thiophene rings is 1. The Morgan fingerprint density at radius 1 is 1.30 bits per heavy atom. The summed E-state index contributed by atoms with van der Waals surface area (Å²) in [7, 11) is -3.80. The fourth-order valence-electron chi connectivity index (χ4n) is 1.45. The van der Waals surface area contributed by atoms with Crippen molar-refractivity contribution in [1.29, 1.82) is 0 Å². The Morgan fingerprint density at radius 2 is 2.00 bits per heavy atom. The van der Waals surface area contributed by atoms with Gasteiger partial charge in [-0.3, -0.25) is 4.72 Å². The van der Waals surface area contributed by atoms with E-state index in [0.29, 0.717) is 4.47 Å². The molecule has 0 saturated heterocycles. The second kappa shape index (κ2) is 5.43. The second-order valence-corrected chi connectivity index (χ2v) is 6.98. The number of carboxylic acids is 1. The first-order valence-corrected chi connectivity index (χ1v) is 8.34. The summed E-state index contributed by atoms with van der Waals surface area (Å²) in [4.78, 5) is 10.8. The highest BCUT2D eigenvalue weighted by Crippen LogP contribution is 2.29. The molecule has 2 aromatic rings. The molecule has 9 heteroatoms. The van der Waals surface area contributed by atoms with E-state index < -0.39 is 21.7 Å². The third-order valence-corrected chi connectivity index (χ3v) is 5.89. The largest absolute Gasteiger partial charge is 0.507 e. The molecule has 2 rings (SSSR count). The van der Waals surface area contributed by atoms with Gasteiger partial charge < -0.3 is 10.2 Å². The number of carboxylic acid groups (broad SMARTS) is 1. The fourth-order valence-corrected chi connectivity index (χ4v) is 4.85. The van der Waals surface area contributed by atoms with Crippen molar-refractivity contribution in [2.24, 2.45) is 0 Å². The normalized spacial score (nSPS) is 11.2. The summed E-state index contributed by atoms with van der Waals surface area (Å²) in [5.41, 5.74) is -0.227. The molecule has 0 radical (unpaired) electrons. The lowest BCUT2D eigenvalue weighted by molar-refractivity contribution is 0.0694. The van der Waals surface area contributed by atoms with Gasteiger partial charge in [-0.15, -0.1) is 11.3 Å². The number of hydrogen-bond acceptors (Lipinski definition) is 5. The van der Waals surface area contributed by atoms with Gasteiger partial charge in [0, 0.05) is 21.3 Å². The molecular formula is C11H8BrNO5S2. The number of aromatic hydroxyl groups is 1. The molecule has 1 aromatic heterocycles. The van der Waals surface area contributed by atoms with Crippen molar-refractivity contribution in [2.75, 3.05) is 4.72 Å². The predicted molar refractivity (Wildman–Crippen MR) is 77.9 cm³/mol. The van der Waals surface area contributed by atoms with Crippen LogP contribution in [-0.4, -0.2) is 24.6 Å². The molecule has 1 aromatic carbocycles. The van der Waals surface area contributed by atoms with Crippen LogP contribution in [0.3, 0.4) is 0 Å². The Hall–Kier alpha value is -1.58. The number of anilines is 1. The van der Waals surface area contributed by atoms with Crippen LogP contribution in [0.1, 0.15) is 10.4 Å². The predicted octanol–water partition coefficient (Wildman–Crippen LogP) is 2.72. The summed E-state index contributed by atoms with van der Waals surface area (Å²) in [6, 6.07) is 3.43. The molecule has 1 heterocycles. The van der Waals surface area contributed by atoms with Gasteiger partial charge >= 0.3 is 5.97 Å². The van der Waals surface area contributed by atoms with Gasteiger partial charge in [0.2, 0.25) is 0 Å². The summed E-state index contributed by atoms with van der Waals surface area (Å²) in [5.74, 6) is -1.81. The van der Waals surface area contributed by atoms with Crippen LogP contribution in [0, 0.1) is 0 Å². The van der Waals surface area contributed by atoms with E-state index in [1.54, 1.807) is 5.38 Å². The number of phenols is 1. The molecular weight excluding hydrogens is 370 g/mol. The second-order valence-electron chi connectivity index (χ2n) is 3.73. The van der Waals surface area contributed by atoms with E-state index in [-0.39, 0.29) is 16.1 Å². The molecule has 0 aliphatic carbocycles. The molecule has 0 amide bonds. The highest BCUT2D eigenvalue weighted by molar-refractivity contribution is 9.10. The van der Waals surface area contributed by atoms with E-state index >= 15 is 0 Å². The molecule has 0 bridgehead atoms. The maximum absolute atomic E-state index is 12.1. The van der Waals surface area contributed by atoms with Crippen LogP contribution in [-0.2, 0) is 10.0 Å². The topological polar surface area (TPSA) is 104 Å². The summed E-state index contributed by atoms with van der Waals surface area (Å²) < 4.78 is 26.9. The lowest BCUT2D eigenvalue weighted by Gasteiger charge is -2.08. The number of sulfonamides is 1. The van der Waals surface area contributed by atoms with Gasteiger partial charge in [0.05, 0.1) is 5.69 Å². The van der Waals surface area contributed by atoms with E-state index in [1.807, 2.05) is 0 Å². The first-order chi connectivity index (χ1) is 9.31. The number of halogens is 1. The zero-order valence-corrected chi connectivity index (χ0v) is 12.9. The zero-order chi connectivity index (χ0) is 14.9. The summed E-state index contributed by atoms with van der Waals surface area (Å²) in [6.45, 7) is 0. The lowest BCUT2D eigenvalue weighted by atomic mass is 10.2. The Labute approximate surface area is 126 Å². The average molecular weight is 378 g/mol. The molecule has 0 saturated carbocycles.